The lowest BCUT2D eigenvalue weighted by Gasteiger charge is -2.05. The molecule has 0 saturated carbocycles. The first-order valence-corrected chi connectivity index (χ1v) is 6.16. The fourth-order valence-electron chi connectivity index (χ4n) is 1.60. The van der Waals surface area contributed by atoms with Gasteiger partial charge in [-0.25, -0.2) is 9.97 Å². The summed E-state index contributed by atoms with van der Waals surface area (Å²) >= 11 is 1.52. The summed E-state index contributed by atoms with van der Waals surface area (Å²) in [5.74, 6) is 1.10. The van der Waals surface area contributed by atoms with E-state index < -0.39 is 0 Å². The number of hydrogen-bond acceptors (Lipinski definition) is 5. The largest absolute Gasteiger partial charge is 0.437 e. The van der Waals surface area contributed by atoms with Gasteiger partial charge in [0.1, 0.15) is 23.1 Å². The molecule has 0 N–H and O–H groups in total. The van der Waals surface area contributed by atoms with E-state index in [0.717, 1.165) is 16.5 Å². The van der Waals surface area contributed by atoms with Crippen LogP contribution in [-0.4, -0.2) is 16.3 Å². The monoisotopic (exact) mass is 256 g/mol. The van der Waals surface area contributed by atoms with Crippen LogP contribution in [0.1, 0.15) is 10.4 Å². The van der Waals surface area contributed by atoms with E-state index in [4.69, 9.17) is 4.74 Å². The van der Waals surface area contributed by atoms with E-state index in [-0.39, 0.29) is 0 Å². The van der Waals surface area contributed by atoms with Gasteiger partial charge in [-0.05, 0) is 23.6 Å². The molecule has 2 aromatic heterocycles. The molecule has 0 spiro atoms. The molecule has 5 heteroatoms. The van der Waals surface area contributed by atoms with Gasteiger partial charge in [0.2, 0.25) is 5.88 Å². The van der Waals surface area contributed by atoms with Crippen molar-refractivity contribution in [3.63, 3.8) is 0 Å². The minimum Gasteiger partial charge on any atom is -0.437 e. The predicted octanol–water partition coefficient (Wildman–Crippen LogP) is 3.30. The van der Waals surface area contributed by atoms with E-state index in [1.54, 1.807) is 24.3 Å². The summed E-state index contributed by atoms with van der Waals surface area (Å²) in [7, 11) is 0. The van der Waals surface area contributed by atoms with Crippen molar-refractivity contribution in [2.75, 3.05) is 0 Å². The number of aromatic nitrogens is 2. The first-order valence-electron chi connectivity index (χ1n) is 5.28. The van der Waals surface area contributed by atoms with Crippen molar-refractivity contribution >= 4 is 27.8 Å². The Bertz CT molecular complexity index is 709. The van der Waals surface area contributed by atoms with Crippen molar-refractivity contribution in [1.82, 2.24) is 9.97 Å². The van der Waals surface area contributed by atoms with Crippen molar-refractivity contribution in [2.45, 2.75) is 0 Å². The zero-order valence-electron chi connectivity index (χ0n) is 9.24. The molecule has 88 valence electrons. The van der Waals surface area contributed by atoms with E-state index in [9.17, 15) is 4.79 Å². The fraction of sp³-hybridized carbons (Fsp3) is 0. The maximum Gasteiger partial charge on any atom is 0.240 e. The van der Waals surface area contributed by atoms with Gasteiger partial charge < -0.3 is 4.74 Å². The molecular weight excluding hydrogens is 248 g/mol. The topological polar surface area (TPSA) is 52.1 Å². The van der Waals surface area contributed by atoms with Gasteiger partial charge in [-0.15, -0.1) is 11.3 Å². The quantitative estimate of drug-likeness (QED) is 0.675. The molecule has 0 fully saturated rings. The average Bonchev–Trinajstić information content (AvgIpc) is 2.88. The molecule has 2 heterocycles. The number of rotatable bonds is 3. The molecule has 3 rings (SSSR count). The zero-order chi connectivity index (χ0) is 12.4. The SMILES string of the molecule is O=Cc1cccc(Oc2ncnc3ccsc23)c1. The Labute approximate surface area is 107 Å². The number of hydrogen-bond donors (Lipinski definition) is 0. The number of thiophene rings is 1. The van der Waals surface area contributed by atoms with Crippen LogP contribution >= 0.6 is 11.3 Å². The molecule has 4 nitrogen and oxygen atoms in total. The van der Waals surface area contributed by atoms with Crippen molar-refractivity contribution in [1.29, 1.82) is 0 Å². The Morgan fingerprint density at radius 1 is 1.22 bits per heavy atom. The van der Waals surface area contributed by atoms with Gasteiger partial charge in [-0.1, -0.05) is 12.1 Å². The lowest BCUT2D eigenvalue weighted by molar-refractivity contribution is 0.112. The molecule has 0 aliphatic heterocycles. The number of ether oxygens (including phenoxy) is 1. The Morgan fingerprint density at radius 2 is 2.17 bits per heavy atom. The van der Waals surface area contributed by atoms with Crippen LogP contribution in [0.5, 0.6) is 11.6 Å². The smallest absolute Gasteiger partial charge is 0.240 e. The third-order valence-corrected chi connectivity index (χ3v) is 3.31. The third-order valence-electron chi connectivity index (χ3n) is 2.42. The Balaban J connectivity index is 2.00. The summed E-state index contributed by atoms with van der Waals surface area (Å²) in [4.78, 5) is 19.0. The normalized spacial score (nSPS) is 10.4. The lowest BCUT2D eigenvalue weighted by Crippen LogP contribution is -1.90. The summed E-state index contributed by atoms with van der Waals surface area (Å²) in [6, 6.07) is 8.87. The Hall–Kier alpha value is -2.27. The van der Waals surface area contributed by atoms with Crippen molar-refractivity contribution in [2.24, 2.45) is 0 Å². The van der Waals surface area contributed by atoms with Crippen LogP contribution in [0.25, 0.3) is 10.2 Å². The molecular formula is C13H8N2O2S. The second-order valence-electron chi connectivity index (χ2n) is 3.61. The first kappa shape index (κ1) is 10.9. The van der Waals surface area contributed by atoms with E-state index in [2.05, 4.69) is 9.97 Å². The third kappa shape index (κ3) is 1.96. The number of fused-ring (bicyclic) bond motifs is 1. The number of benzene rings is 1. The van der Waals surface area contributed by atoms with Gasteiger partial charge in [0.15, 0.2) is 0 Å². The summed E-state index contributed by atoms with van der Waals surface area (Å²) in [5, 5.41) is 1.94. The van der Waals surface area contributed by atoms with Crippen LogP contribution in [0.3, 0.4) is 0 Å². The Kier molecular flexibility index (Phi) is 2.74. The summed E-state index contributed by atoms with van der Waals surface area (Å²) in [5.41, 5.74) is 1.43. The minimum absolute atomic E-state index is 0.512. The minimum atomic E-state index is 0.512. The predicted molar refractivity (Wildman–Crippen MR) is 69.3 cm³/mol. The molecule has 0 amide bonds. The maximum absolute atomic E-state index is 10.7. The molecule has 0 radical (unpaired) electrons. The number of nitrogens with zero attached hydrogens (tertiary/aromatic N) is 2. The Morgan fingerprint density at radius 3 is 3.06 bits per heavy atom. The molecule has 0 atom stereocenters. The van der Waals surface area contributed by atoms with Gasteiger partial charge in [-0.3, -0.25) is 4.79 Å². The van der Waals surface area contributed by atoms with Crippen LogP contribution in [0, 0.1) is 0 Å². The standard InChI is InChI=1S/C13H8N2O2S/c16-7-9-2-1-3-10(6-9)17-13-12-11(4-5-18-12)14-8-15-13/h1-8H. The van der Waals surface area contributed by atoms with E-state index >= 15 is 0 Å². The highest BCUT2D eigenvalue weighted by Gasteiger charge is 2.07. The number of aldehydes is 1. The highest BCUT2D eigenvalue weighted by molar-refractivity contribution is 7.17. The summed E-state index contributed by atoms with van der Waals surface area (Å²) in [6.07, 6.45) is 2.25. The van der Waals surface area contributed by atoms with Gasteiger partial charge in [0, 0.05) is 5.56 Å². The van der Waals surface area contributed by atoms with Gasteiger partial charge >= 0.3 is 0 Å². The van der Waals surface area contributed by atoms with E-state index in [1.165, 1.54) is 17.7 Å². The molecule has 0 saturated heterocycles. The second-order valence-corrected chi connectivity index (χ2v) is 4.52. The summed E-state index contributed by atoms with van der Waals surface area (Å²) < 4.78 is 6.59. The summed E-state index contributed by atoms with van der Waals surface area (Å²) in [6.45, 7) is 0. The molecule has 0 aliphatic carbocycles. The molecule has 0 aliphatic rings. The van der Waals surface area contributed by atoms with Crippen LogP contribution in [0.4, 0.5) is 0 Å². The molecule has 1 aromatic carbocycles. The van der Waals surface area contributed by atoms with Crippen LogP contribution in [0.15, 0.2) is 42.0 Å². The van der Waals surface area contributed by atoms with Gasteiger partial charge in [0.25, 0.3) is 0 Å². The highest BCUT2D eigenvalue weighted by Crippen LogP contribution is 2.30. The molecule has 0 unspecified atom stereocenters. The second kappa shape index (κ2) is 4.54. The van der Waals surface area contributed by atoms with Gasteiger partial charge in [0.05, 0.1) is 5.52 Å². The van der Waals surface area contributed by atoms with Gasteiger partial charge in [-0.2, -0.15) is 0 Å². The fourth-order valence-corrected chi connectivity index (χ4v) is 2.37. The van der Waals surface area contributed by atoms with Crippen LogP contribution in [0.2, 0.25) is 0 Å². The van der Waals surface area contributed by atoms with E-state index in [0.29, 0.717) is 17.2 Å². The van der Waals surface area contributed by atoms with Crippen LogP contribution in [-0.2, 0) is 0 Å². The maximum atomic E-state index is 10.7. The zero-order valence-corrected chi connectivity index (χ0v) is 10.1. The highest BCUT2D eigenvalue weighted by atomic mass is 32.1. The van der Waals surface area contributed by atoms with Crippen molar-refractivity contribution < 1.29 is 9.53 Å². The lowest BCUT2D eigenvalue weighted by atomic mass is 10.2. The number of carbonyl (C=O) groups is 1. The average molecular weight is 256 g/mol. The molecule has 18 heavy (non-hydrogen) atoms. The first-order chi connectivity index (χ1) is 8.86. The number of carbonyl (C=O) groups excluding carboxylic acids is 1. The van der Waals surface area contributed by atoms with Crippen LogP contribution < -0.4 is 4.74 Å². The molecule has 3 aromatic rings. The van der Waals surface area contributed by atoms with Crippen molar-refractivity contribution in [3.05, 3.63) is 47.6 Å². The molecule has 0 bridgehead atoms. The van der Waals surface area contributed by atoms with E-state index in [1.807, 2.05) is 11.4 Å². The van der Waals surface area contributed by atoms with Crippen molar-refractivity contribution in [3.8, 4) is 11.6 Å².